The van der Waals surface area contributed by atoms with Crippen LogP contribution in [0, 0.1) is 0 Å². The number of carbonyl (C=O) groups excluding carboxylic acids is 3. The van der Waals surface area contributed by atoms with E-state index in [4.69, 9.17) is 28.9 Å². The Morgan fingerprint density at radius 1 is 1.25 bits per heavy atom. The summed E-state index contributed by atoms with van der Waals surface area (Å²) in [5.41, 5.74) is 6.36. The summed E-state index contributed by atoms with van der Waals surface area (Å²) in [5.74, 6) is -1.79. The molecule has 2 N–H and O–H groups in total. The molecule has 1 atom stereocenters. The summed E-state index contributed by atoms with van der Waals surface area (Å²) >= 11 is 13.4. The van der Waals surface area contributed by atoms with Crippen LogP contribution in [0.2, 0.25) is 9.36 Å². The number of likely N-dealkylation sites (tertiary alicyclic amines) is 1. The fourth-order valence-electron chi connectivity index (χ4n) is 4.01. The maximum Gasteiger partial charge on any atom is 0.311 e. The highest BCUT2D eigenvalue weighted by Gasteiger charge is 2.50. The topological polar surface area (TPSA) is 96.6 Å². The van der Waals surface area contributed by atoms with Crippen LogP contribution in [-0.2, 0) is 26.2 Å². The zero-order valence-corrected chi connectivity index (χ0v) is 17.0. The lowest BCUT2D eigenvalue weighted by Crippen LogP contribution is -2.43. The molecule has 1 aromatic carbocycles. The van der Waals surface area contributed by atoms with Crippen molar-refractivity contribution in [3.05, 3.63) is 44.3 Å². The third-order valence-corrected chi connectivity index (χ3v) is 6.61. The van der Waals surface area contributed by atoms with Gasteiger partial charge in [0, 0.05) is 35.8 Å². The minimum Gasteiger partial charge on any atom is -0.361 e. The molecule has 146 valence electrons. The van der Waals surface area contributed by atoms with Crippen molar-refractivity contribution in [3.8, 4) is 0 Å². The minimum absolute atomic E-state index is 0.105. The Morgan fingerprint density at radius 2 is 2.04 bits per heavy atom. The predicted octanol–water partition coefficient (Wildman–Crippen LogP) is 1.99. The minimum atomic E-state index is -0.977. The fourth-order valence-corrected chi connectivity index (χ4v) is 5.13. The van der Waals surface area contributed by atoms with Gasteiger partial charge in [-0.2, -0.15) is 0 Å². The van der Waals surface area contributed by atoms with Gasteiger partial charge >= 0.3 is 11.8 Å². The van der Waals surface area contributed by atoms with E-state index in [-0.39, 0.29) is 12.3 Å². The second kappa shape index (κ2) is 7.02. The number of benzene rings is 1. The number of hydrogen-bond donors (Lipinski definition) is 1. The molecule has 1 saturated heterocycles. The first-order valence-electron chi connectivity index (χ1n) is 8.58. The molecule has 3 amide bonds. The maximum absolute atomic E-state index is 13.0. The van der Waals surface area contributed by atoms with Gasteiger partial charge in [-0.05, 0) is 30.2 Å². The third-order valence-electron chi connectivity index (χ3n) is 5.26. The number of aromatic nitrogens is 1. The molecule has 2 aromatic rings. The lowest BCUT2D eigenvalue weighted by Gasteiger charge is -2.25. The van der Waals surface area contributed by atoms with Gasteiger partial charge in [-0.1, -0.05) is 23.2 Å². The molecule has 0 bridgehead atoms. The molecule has 28 heavy (non-hydrogen) atoms. The average molecular weight is 439 g/mol. The summed E-state index contributed by atoms with van der Waals surface area (Å²) in [6, 6.07) is 5.39. The number of halogens is 2. The highest BCUT2D eigenvalue weighted by molar-refractivity contribution is 7.15. The standard InChI is InChI=1S/C18H16Cl2N4O3S/c19-10-1-2-12-11(5-10)18(3-4-23(8-18)17(27)16(21)26)9-24(12)15(25)6-14-22-7-13(20)28-14/h1-2,5,7H,3-4,6,8-9H2,(H2,21,26). The first kappa shape index (κ1) is 19.2. The van der Waals surface area contributed by atoms with Crippen LogP contribution in [0.25, 0.3) is 0 Å². The van der Waals surface area contributed by atoms with E-state index >= 15 is 0 Å². The Balaban J connectivity index is 1.64. The first-order valence-corrected chi connectivity index (χ1v) is 10.2. The quantitative estimate of drug-likeness (QED) is 0.724. The molecule has 0 saturated carbocycles. The van der Waals surface area contributed by atoms with E-state index in [9.17, 15) is 14.4 Å². The Bertz CT molecular complexity index is 995. The summed E-state index contributed by atoms with van der Waals surface area (Å²) in [5, 5.41) is 1.20. The molecule has 0 aliphatic carbocycles. The van der Waals surface area contributed by atoms with E-state index in [0.29, 0.717) is 40.4 Å². The molecule has 7 nitrogen and oxygen atoms in total. The number of fused-ring (bicyclic) bond motifs is 2. The molecule has 2 aliphatic rings. The van der Waals surface area contributed by atoms with E-state index < -0.39 is 17.2 Å². The molecule has 2 aliphatic heterocycles. The van der Waals surface area contributed by atoms with Crippen LogP contribution >= 0.6 is 34.5 Å². The average Bonchev–Trinajstić information content (AvgIpc) is 3.34. The predicted molar refractivity (Wildman–Crippen MR) is 107 cm³/mol. The van der Waals surface area contributed by atoms with Crippen LogP contribution in [0.5, 0.6) is 0 Å². The summed E-state index contributed by atoms with van der Waals surface area (Å²) in [4.78, 5) is 43.6. The molecule has 1 fully saturated rings. The number of amides is 3. The van der Waals surface area contributed by atoms with Gasteiger partial charge in [0.2, 0.25) is 5.91 Å². The largest absolute Gasteiger partial charge is 0.361 e. The van der Waals surface area contributed by atoms with Gasteiger partial charge in [-0.25, -0.2) is 4.98 Å². The van der Waals surface area contributed by atoms with E-state index in [1.54, 1.807) is 11.0 Å². The maximum atomic E-state index is 13.0. The van der Waals surface area contributed by atoms with E-state index in [1.165, 1.54) is 22.4 Å². The van der Waals surface area contributed by atoms with Gasteiger partial charge in [-0.3, -0.25) is 14.4 Å². The van der Waals surface area contributed by atoms with Gasteiger partial charge in [0.1, 0.15) is 9.34 Å². The third kappa shape index (κ3) is 3.25. The molecular weight excluding hydrogens is 423 g/mol. The van der Waals surface area contributed by atoms with Crippen LogP contribution in [0.15, 0.2) is 24.4 Å². The van der Waals surface area contributed by atoms with Crippen molar-refractivity contribution >= 4 is 57.9 Å². The molecule has 1 spiro atoms. The Hall–Kier alpha value is -2.16. The number of carbonyl (C=O) groups is 3. The van der Waals surface area contributed by atoms with Crippen LogP contribution in [0.1, 0.15) is 17.0 Å². The second-order valence-corrected chi connectivity index (χ2v) is 9.18. The van der Waals surface area contributed by atoms with E-state index in [2.05, 4.69) is 4.98 Å². The van der Waals surface area contributed by atoms with Gasteiger partial charge in [-0.15, -0.1) is 11.3 Å². The number of primary amides is 1. The van der Waals surface area contributed by atoms with Gasteiger partial charge in [0.25, 0.3) is 0 Å². The van der Waals surface area contributed by atoms with Gasteiger partial charge in [0.15, 0.2) is 0 Å². The first-order chi connectivity index (χ1) is 13.3. The van der Waals surface area contributed by atoms with Crippen LogP contribution in [-0.4, -0.2) is 47.2 Å². The van der Waals surface area contributed by atoms with Crippen molar-refractivity contribution in [2.45, 2.75) is 18.3 Å². The summed E-state index contributed by atoms with van der Waals surface area (Å²) in [6.45, 7) is 1.12. The van der Waals surface area contributed by atoms with Crippen molar-refractivity contribution in [2.24, 2.45) is 5.73 Å². The number of rotatable bonds is 2. The Labute approximate surface area is 175 Å². The second-order valence-electron chi connectivity index (χ2n) is 7.00. The Morgan fingerprint density at radius 3 is 2.71 bits per heavy atom. The lowest BCUT2D eigenvalue weighted by atomic mass is 9.81. The van der Waals surface area contributed by atoms with Crippen LogP contribution in [0.4, 0.5) is 5.69 Å². The van der Waals surface area contributed by atoms with Crippen molar-refractivity contribution < 1.29 is 14.4 Å². The van der Waals surface area contributed by atoms with Crippen LogP contribution < -0.4 is 10.6 Å². The monoisotopic (exact) mass is 438 g/mol. The summed E-state index contributed by atoms with van der Waals surface area (Å²) in [7, 11) is 0. The molecule has 0 radical (unpaired) electrons. The van der Waals surface area contributed by atoms with E-state index in [1.807, 2.05) is 12.1 Å². The number of nitrogens with two attached hydrogens (primary N) is 1. The number of nitrogens with zero attached hydrogens (tertiary/aromatic N) is 3. The molecule has 3 heterocycles. The Kier molecular flexibility index (Phi) is 4.81. The highest BCUT2D eigenvalue weighted by Crippen LogP contribution is 2.47. The van der Waals surface area contributed by atoms with Crippen LogP contribution in [0.3, 0.4) is 0 Å². The SMILES string of the molecule is NC(=O)C(=O)N1CCC2(C1)CN(C(=O)Cc1ncc(Cl)s1)c1ccc(Cl)cc12. The number of hydrogen-bond acceptors (Lipinski definition) is 5. The molecular formula is C18H16Cl2N4O3S. The fraction of sp³-hybridized carbons (Fsp3) is 0.333. The van der Waals surface area contributed by atoms with Gasteiger partial charge < -0.3 is 15.5 Å². The zero-order chi connectivity index (χ0) is 20.1. The van der Waals surface area contributed by atoms with Crippen molar-refractivity contribution in [1.29, 1.82) is 0 Å². The highest BCUT2D eigenvalue weighted by atomic mass is 35.5. The molecule has 1 unspecified atom stereocenters. The molecule has 1 aromatic heterocycles. The molecule has 10 heteroatoms. The van der Waals surface area contributed by atoms with Crippen molar-refractivity contribution in [3.63, 3.8) is 0 Å². The summed E-state index contributed by atoms with van der Waals surface area (Å²) < 4.78 is 0.532. The number of anilines is 1. The van der Waals surface area contributed by atoms with Gasteiger partial charge in [0.05, 0.1) is 12.6 Å². The molecule has 4 rings (SSSR count). The normalized spacial score (nSPS) is 20.6. The number of thiazole rings is 1. The lowest BCUT2D eigenvalue weighted by molar-refractivity contribution is -0.143. The van der Waals surface area contributed by atoms with Crippen molar-refractivity contribution in [2.75, 3.05) is 24.5 Å². The smallest absolute Gasteiger partial charge is 0.311 e. The van der Waals surface area contributed by atoms with Crippen molar-refractivity contribution in [1.82, 2.24) is 9.88 Å². The zero-order valence-electron chi connectivity index (χ0n) is 14.7. The van der Waals surface area contributed by atoms with E-state index in [0.717, 1.165) is 11.3 Å². The summed E-state index contributed by atoms with van der Waals surface area (Å²) in [6.07, 6.45) is 2.28.